The highest BCUT2D eigenvalue weighted by Gasteiger charge is 2.23. The van der Waals surface area contributed by atoms with Crippen LogP contribution in [0.1, 0.15) is 18.8 Å². The fraction of sp³-hybridized carbons (Fsp3) is 0.600. The number of likely N-dealkylation sites (N-methyl/N-ethyl adjacent to an activating group) is 1. The Hall–Kier alpha value is -1.00. The van der Waals surface area contributed by atoms with Gasteiger partial charge in [0.05, 0.1) is 6.04 Å². The zero-order valence-electron chi connectivity index (χ0n) is 8.48. The van der Waals surface area contributed by atoms with Gasteiger partial charge in [0.1, 0.15) is 5.82 Å². The van der Waals surface area contributed by atoms with Gasteiger partial charge < -0.3 is 5.32 Å². The van der Waals surface area contributed by atoms with Crippen LogP contribution in [-0.4, -0.2) is 41.0 Å². The number of hydrogen-bond donors (Lipinski definition) is 1. The fourth-order valence-corrected chi connectivity index (χ4v) is 1.86. The zero-order valence-corrected chi connectivity index (χ0v) is 8.48. The Morgan fingerprint density at radius 3 is 3.00 bits per heavy atom. The molecule has 1 atom stereocenters. The van der Waals surface area contributed by atoms with Crippen LogP contribution in [0.25, 0.3) is 0 Å². The standard InChI is InChI=1S/C10H16N4/c1-2-14-7-6-11-8-9(14)10-12-4-3-5-13-10/h3-5,9,11H,2,6-8H2,1H3. The van der Waals surface area contributed by atoms with Gasteiger partial charge >= 0.3 is 0 Å². The van der Waals surface area contributed by atoms with E-state index in [-0.39, 0.29) is 0 Å². The molecule has 1 N–H and O–H groups in total. The molecule has 1 aromatic rings. The number of aromatic nitrogens is 2. The maximum absolute atomic E-state index is 4.31. The Balaban J connectivity index is 2.15. The largest absolute Gasteiger partial charge is 0.313 e. The average molecular weight is 192 g/mol. The molecule has 1 saturated heterocycles. The topological polar surface area (TPSA) is 41.0 Å². The van der Waals surface area contributed by atoms with E-state index < -0.39 is 0 Å². The Morgan fingerprint density at radius 2 is 2.29 bits per heavy atom. The lowest BCUT2D eigenvalue weighted by Crippen LogP contribution is -2.46. The second-order valence-corrected chi connectivity index (χ2v) is 3.46. The molecule has 4 heteroatoms. The van der Waals surface area contributed by atoms with E-state index in [1.54, 1.807) is 0 Å². The molecule has 1 aliphatic heterocycles. The molecule has 0 amide bonds. The summed E-state index contributed by atoms with van der Waals surface area (Å²) in [5.74, 6) is 0.932. The maximum atomic E-state index is 4.31. The van der Waals surface area contributed by atoms with Crippen molar-refractivity contribution in [3.8, 4) is 0 Å². The first-order chi connectivity index (χ1) is 6.92. The van der Waals surface area contributed by atoms with Crippen LogP contribution in [0.2, 0.25) is 0 Å². The zero-order chi connectivity index (χ0) is 9.80. The van der Waals surface area contributed by atoms with Crippen LogP contribution in [-0.2, 0) is 0 Å². The molecule has 0 aliphatic carbocycles. The third-order valence-electron chi connectivity index (χ3n) is 2.64. The Morgan fingerprint density at radius 1 is 1.50 bits per heavy atom. The molecule has 0 saturated carbocycles. The number of nitrogens with zero attached hydrogens (tertiary/aromatic N) is 3. The molecule has 76 valence electrons. The minimum Gasteiger partial charge on any atom is -0.313 e. The molecule has 0 aromatic carbocycles. The van der Waals surface area contributed by atoms with Gasteiger partial charge in [-0.15, -0.1) is 0 Å². The number of piperazine rings is 1. The van der Waals surface area contributed by atoms with Crippen molar-refractivity contribution >= 4 is 0 Å². The summed E-state index contributed by atoms with van der Waals surface area (Å²) < 4.78 is 0. The highest BCUT2D eigenvalue weighted by Crippen LogP contribution is 2.17. The van der Waals surface area contributed by atoms with Crippen LogP contribution in [0.3, 0.4) is 0 Å². The van der Waals surface area contributed by atoms with Crippen LogP contribution >= 0.6 is 0 Å². The molecule has 14 heavy (non-hydrogen) atoms. The van der Waals surface area contributed by atoms with Gasteiger partial charge in [0.25, 0.3) is 0 Å². The van der Waals surface area contributed by atoms with Gasteiger partial charge in [0, 0.05) is 32.0 Å². The molecule has 1 unspecified atom stereocenters. The van der Waals surface area contributed by atoms with Crippen molar-refractivity contribution in [3.63, 3.8) is 0 Å². The lowest BCUT2D eigenvalue weighted by Gasteiger charge is -2.34. The van der Waals surface area contributed by atoms with Crippen molar-refractivity contribution in [3.05, 3.63) is 24.3 Å². The first kappa shape index (κ1) is 9.55. The van der Waals surface area contributed by atoms with E-state index in [2.05, 4.69) is 27.1 Å². The summed E-state index contributed by atoms with van der Waals surface area (Å²) >= 11 is 0. The van der Waals surface area contributed by atoms with Crippen molar-refractivity contribution in [1.29, 1.82) is 0 Å². The predicted molar refractivity (Wildman–Crippen MR) is 54.9 cm³/mol. The smallest absolute Gasteiger partial charge is 0.146 e. The number of rotatable bonds is 2. The summed E-state index contributed by atoms with van der Waals surface area (Å²) in [6.45, 7) is 6.35. The van der Waals surface area contributed by atoms with E-state index in [0.717, 1.165) is 32.0 Å². The summed E-state index contributed by atoms with van der Waals surface area (Å²) in [7, 11) is 0. The number of nitrogens with one attached hydrogen (secondary N) is 1. The summed E-state index contributed by atoms with van der Waals surface area (Å²) in [4.78, 5) is 11.0. The van der Waals surface area contributed by atoms with E-state index in [0.29, 0.717) is 6.04 Å². The normalized spacial score (nSPS) is 23.6. The van der Waals surface area contributed by atoms with Gasteiger partial charge in [-0.25, -0.2) is 9.97 Å². The minimum absolute atomic E-state index is 0.343. The summed E-state index contributed by atoms with van der Waals surface area (Å²) in [6.07, 6.45) is 3.62. The Labute approximate surface area is 84.4 Å². The van der Waals surface area contributed by atoms with E-state index in [4.69, 9.17) is 0 Å². The second-order valence-electron chi connectivity index (χ2n) is 3.46. The van der Waals surface area contributed by atoms with Gasteiger partial charge in [0.2, 0.25) is 0 Å². The summed E-state index contributed by atoms with van der Waals surface area (Å²) in [6, 6.07) is 2.20. The summed E-state index contributed by atoms with van der Waals surface area (Å²) in [5.41, 5.74) is 0. The molecule has 0 spiro atoms. The second kappa shape index (κ2) is 4.48. The average Bonchev–Trinajstić information content (AvgIpc) is 2.30. The lowest BCUT2D eigenvalue weighted by molar-refractivity contribution is 0.163. The molecule has 1 fully saturated rings. The quantitative estimate of drug-likeness (QED) is 0.738. The Kier molecular flexibility index (Phi) is 3.06. The third-order valence-corrected chi connectivity index (χ3v) is 2.64. The first-order valence-corrected chi connectivity index (χ1v) is 5.13. The Bertz CT molecular complexity index is 275. The van der Waals surface area contributed by atoms with E-state index in [1.807, 2.05) is 18.5 Å². The number of hydrogen-bond acceptors (Lipinski definition) is 4. The van der Waals surface area contributed by atoms with Gasteiger partial charge in [-0.3, -0.25) is 4.90 Å². The van der Waals surface area contributed by atoms with Crippen molar-refractivity contribution in [2.75, 3.05) is 26.2 Å². The van der Waals surface area contributed by atoms with Crippen LogP contribution in [0.15, 0.2) is 18.5 Å². The third kappa shape index (κ3) is 1.91. The van der Waals surface area contributed by atoms with Crippen LogP contribution < -0.4 is 5.32 Å². The van der Waals surface area contributed by atoms with Gasteiger partial charge in [-0.1, -0.05) is 6.92 Å². The van der Waals surface area contributed by atoms with Crippen molar-refractivity contribution in [2.24, 2.45) is 0 Å². The van der Waals surface area contributed by atoms with Gasteiger partial charge in [-0.2, -0.15) is 0 Å². The van der Waals surface area contributed by atoms with E-state index in [9.17, 15) is 0 Å². The SMILES string of the molecule is CCN1CCNCC1c1ncccn1. The van der Waals surface area contributed by atoms with Crippen LogP contribution in [0.5, 0.6) is 0 Å². The molecule has 2 rings (SSSR count). The molecular formula is C10H16N4. The predicted octanol–water partition coefficient (Wildman–Crippen LogP) is 0.443. The molecule has 0 bridgehead atoms. The van der Waals surface area contributed by atoms with Crippen molar-refractivity contribution < 1.29 is 0 Å². The maximum Gasteiger partial charge on any atom is 0.146 e. The highest BCUT2D eigenvalue weighted by atomic mass is 15.2. The highest BCUT2D eigenvalue weighted by molar-refractivity contribution is 4.99. The van der Waals surface area contributed by atoms with E-state index in [1.165, 1.54) is 0 Å². The fourth-order valence-electron chi connectivity index (χ4n) is 1.86. The van der Waals surface area contributed by atoms with Gasteiger partial charge in [-0.05, 0) is 12.6 Å². The van der Waals surface area contributed by atoms with E-state index >= 15 is 0 Å². The van der Waals surface area contributed by atoms with Gasteiger partial charge in [0.15, 0.2) is 0 Å². The monoisotopic (exact) mass is 192 g/mol. The van der Waals surface area contributed by atoms with Crippen molar-refractivity contribution in [1.82, 2.24) is 20.2 Å². The first-order valence-electron chi connectivity index (χ1n) is 5.13. The molecule has 4 nitrogen and oxygen atoms in total. The molecule has 0 radical (unpaired) electrons. The molecule has 1 aromatic heterocycles. The lowest BCUT2D eigenvalue weighted by atomic mass is 10.2. The summed E-state index contributed by atoms with van der Waals surface area (Å²) in [5, 5.41) is 3.38. The van der Waals surface area contributed by atoms with Crippen LogP contribution in [0, 0.1) is 0 Å². The van der Waals surface area contributed by atoms with Crippen LogP contribution in [0.4, 0.5) is 0 Å². The minimum atomic E-state index is 0.343. The molecular weight excluding hydrogens is 176 g/mol. The molecule has 2 heterocycles. The molecule has 1 aliphatic rings. The van der Waals surface area contributed by atoms with Crippen molar-refractivity contribution in [2.45, 2.75) is 13.0 Å².